The van der Waals surface area contributed by atoms with E-state index in [-0.39, 0.29) is 12.5 Å². The molecule has 2 heterocycles. The third-order valence-corrected chi connectivity index (χ3v) is 5.17. The molecule has 3 aromatic rings. The lowest BCUT2D eigenvalue weighted by atomic mass is 10.1. The number of thiazole rings is 1. The predicted octanol–water partition coefficient (Wildman–Crippen LogP) is 3.25. The van der Waals surface area contributed by atoms with Gasteiger partial charge in [-0.2, -0.15) is 4.73 Å². The van der Waals surface area contributed by atoms with Crippen LogP contribution in [0.15, 0.2) is 54.0 Å². The fraction of sp³-hybridized carbons (Fsp3) is 0.211. The summed E-state index contributed by atoms with van der Waals surface area (Å²) < 4.78 is 0.744. The summed E-state index contributed by atoms with van der Waals surface area (Å²) in [5, 5.41) is 16.9. The quantitative estimate of drug-likeness (QED) is 0.567. The zero-order valence-corrected chi connectivity index (χ0v) is 14.3. The van der Waals surface area contributed by atoms with Crippen LogP contribution >= 0.6 is 11.3 Å². The van der Waals surface area contributed by atoms with E-state index >= 15 is 0 Å². The molecule has 0 aliphatic heterocycles. The highest BCUT2D eigenvalue weighted by atomic mass is 32.1. The summed E-state index contributed by atoms with van der Waals surface area (Å²) in [6, 6.07) is 13.5. The lowest BCUT2D eigenvalue weighted by molar-refractivity contribution is -0.614. The molecule has 0 atom stereocenters. The number of carbonyl (C=O) groups is 1. The van der Waals surface area contributed by atoms with E-state index in [9.17, 15) is 10.0 Å². The molecule has 1 aliphatic carbocycles. The Labute approximate surface area is 149 Å². The number of hydrogen-bond donors (Lipinski definition) is 1. The van der Waals surface area contributed by atoms with Gasteiger partial charge < -0.3 is 10.5 Å². The highest BCUT2D eigenvalue weighted by Crippen LogP contribution is 2.40. The van der Waals surface area contributed by atoms with E-state index in [0.717, 1.165) is 21.2 Å². The zero-order valence-electron chi connectivity index (χ0n) is 13.5. The molecule has 1 fully saturated rings. The second-order valence-corrected chi connectivity index (χ2v) is 6.99. The van der Waals surface area contributed by atoms with Crippen LogP contribution in [0.1, 0.15) is 40.5 Å². The van der Waals surface area contributed by atoms with Crippen molar-refractivity contribution in [3.05, 3.63) is 76.2 Å². The molecular formula is C19H17N3O2S. The second kappa shape index (κ2) is 6.64. The molecule has 0 unspecified atom stereocenters. The topological polar surface area (TPSA) is 68.9 Å². The molecule has 126 valence electrons. The third-order valence-electron chi connectivity index (χ3n) is 4.28. The number of benzene rings is 1. The van der Waals surface area contributed by atoms with E-state index < -0.39 is 0 Å². The van der Waals surface area contributed by atoms with Crippen LogP contribution in [0.25, 0.3) is 10.6 Å². The van der Waals surface area contributed by atoms with E-state index in [0.29, 0.717) is 11.4 Å². The molecule has 1 aliphatic rings. The van der Waals surface area contributed by atoms with Crippen molar-refractivity contribution in [2.75, 3.05) is 0 Å². The Kier molecular flexibility index (Phi) is 4.19. The summed E-state index contributed by atoms with van der Waals surface area (Å²) in [5.74, 6) is 0.453. The normalized spacial score (nSPS) is 13.6. The first-order valence-corrected chi connectivity index (χ1v) is 9.10. The van der Waals surface area contributed by atoms with Gasteiger partial charge in [0.2, 0.25) is 5.69 Å². The van der Waals surface area contributed by atoms with Crippen LogP contribution in [-0.4, -0.2) is 10.9 Å². The van der Waals surface area contributed by atoms with Crippen molar-refractivity contribution in [3.63, 3.8) is 0 Å². The van der Waals surface area contributed by atoms with Crippen LogP contribution in [0.3, 0.4) is 0 Å². The molecule has 0 saturated heterocycles. The maximum Gasteiger partial charge on any atom is 0.271 e. The Morgan fingerprint density at radius 2 is 2.04 bits per heavy atom. The van der Waals surface area contributed by atoms with Gasteiger partial charge in [-0.05, 0) is 30.4 Å². The maximum absolute atomic E-state index is 12.2. The standard InChI is InChI=1S/C19H17N3O2S/c23-18(20-11-16-3-1-2-10-22(16)24)17-12-25-19(21-17)15-8-6-14(7-9-15)13-4-5-13/h1-3,6-10,12-13H,4-5,11H2,(H,20,23). The van der Waals surface area contributed by atoms with E-state index in [1.165, 1.54) is 35.9 Å². The average molecular weight is 351 g/mol. The largest absolute Gasteiger partial charge is 0.618 e. The van der Waals surface area contributed by atoms with Crippen molar-refractivity contribution in [1.82, 2.24) is 10.3 Å². The number of hydrogen-bond acceptors (Lipinski definition) is 4. The minimum absolute atomic E-state index is 0.173. The second-order valence-electron chi connectivity index (χ2n) is 6.13. The van der Waals surface area contributed by atoms with E-state index in [2.05, 4.69) is 34.6 Å². The smallest absolute Gasteiger partial charge is 0.271 e. The van der Waals surface area contributed by atoms with Crippen molar-refractivity contribution < 1.29 is 9.52 Å². The summed E-state index contributed by atoms with van der Waals surface area (Å²) in [6.07, 6.45) is 3.98. The number of nitrogens with zero attached hydrogens (tertiary/aromatic N) is 2. The molecule has 2 aromatic heterocycles. The predicted molar refractivity (Wildman–Crippen MR) is 96.1 cm³/mol. The van der Waals surface area contributed by atoms with Crippen LogP contribution in [-0.2, 0) is 6.54 Å². The van der Waals surface area contributed by atoms with Gasteiger partial charge in [-0.1, -0.05) is 24.3 Å². The first kappa shape index (κ1) is 15.8. The summed E-state index contributed by atoms with van der Waals surface area (Å²) >= 11 is 1.45. The van der Waals surface area contributed by atoms with Crippen LogP contribution in [0, 0.1) is 5.21 Å². The third kappa shape index (κ3) is 3.53. The monoisotopic (exact) mass is 351 g/mol. The molecule has 0 spiro atoms. The summed E-state index contributed by atoms with van der Waals surface area (Å²) in [5.41, 5.74) is 3.27. The molecule has 25 heavy (non-hydrogen) atoms. The van der Waals surface area contributed by atoms with Crippen molar-refractivity contribution in [2.24, 2.45) is 0 Å². The Morgan fingerprint density at radius 3 is 2.76 bits per heavy atom. The van der Waals surface area contributed by atoms with Gasteiger partial charge in [0.05, 0.1) is 0 Å². The number of carbonyl (C=O) groups excluding carboxylic acids is 1. The first-order chi connectivity index (χ1) is 12.2. The Bertz CT molecular complexity index is 901. The number of nitrogens with one attached hydrogen (secondary N) is 1. The first-order valence-electron chi connectivity index (χ1n) is 8.22. The van der Waals surface area contributed by atoms with Gasteiger partial charge in [-0.3, -0.25) is 4.79 Å². The van der Waals surface area contributed by atoms with Gasteiger partial charge in [-0.25, -0.2) is 4.98 Å². The molecule has 1 N–H and O–H groups in total. The lowest BCUT2D eigenvalue weighted by Gasteiger charge is -2.04. The Balaban J connectivity index is 1.43. The van der Waals surface area contributed by atoms with E-state index in [1.54, 1.807) is 23.6 Å². The summed E-state index contributed by atoms with van der Waals surface area (Å²) in [7, 11) is 0. The summed E-state index contributed by atoms with van der Waals surface area (Å²) in [6.45, 7) is 0.173. The van der Waals surface area contributed by atoms with Gasteiger partial charge in [0.1, 0.15) is 17.2 Å². The molecule has 1 saturated carbocycles. The fourth-order valence-corrected chi connectivity index (χ4v) is 3.49. The molecule has 1 aromatic carbocycles. The Hall–Kier alpha value is -2.73. The van der Waals surface area contributed by atoms with Gasteiger partial charge in [0, 0.05) is 23.1 Å². The van der Waals surface area contributed by atoms with Crippen LogP contribution in [0.4, 0.5) is 0 Å². The lowest BCUT2D eigenvalue weighted by Crippen LogP contribution is -2.35. The molecule has 1 amide bonds. The van der Waals surface area contributed by atoms with Crippen molar-refractivity contribution >= 4 is 17.2 Å². The van der Waals surface area contributed by atoms with Gasteiger partial charge in [0.15, 0.2) is 6.20 Å². The number of rotatable bonds is 5. The minimum atomic E-state index is -0.277. The molecule has 4 rings (SSSR count). The SMILES string of the molecule is O=C(NCc1cccc[n+]1[O-])c1csc(-c2ccc(C3CC3)cc2)n1. The van der Waals surface area contributed by atoms with Crippen LogP contribution in [0.5, 0.6) is 0 Å². The fourth-order valence-electron chi connectivity index (χ4n) is 2.69. The molecule has 5 nitrogen and oxygen atoms in total. The van der Waals surface area contributed by atoms with Crippen LogP contribution in [0.2, 0.25) is 0 Å². The van der Waals surface area contributed by atoms with Gasteiger partial charge in [-0.15, -0.1) is 11.3 Å². The zero-order chi connectivity index (χ0) is 17.2. The average Bonchev–Trinajstić information content (AvgIpc) is 3.37. The van der Waals surface area contributed by atoms with E-state index in [1.807, 2.05) is 0 Å². The maximum atomic E-state index is 12.2. The number of amides is 1. The molecular weight excluding hydrogens is 334 g/mol. The molecule has 0 radical (unpaired) electrons. The van der Waals surface area contributed by atoms with Gasteiger partial charge >= 0.3 is 0 Å². The highest BCUT2D eigenvalue weighted by molar-refractivity contribution is 7.13. The van der Waals surface area contributed by atoms with Crippen molar-refractivity contribution in [2.45, 2.75) is 25.3 Å². The van der Waals surface area contributed by atoms with E-state index in [4.69, 9.17) is 0 Å². The molecule has 6 heteroatoms. The number of pyridine rings is 1. The summed E-state index contributed by atoms with van der Waals surface area (Å²) in [4.78, 5) is 16.7. The Morgan fingerprint density at radius 1 is 1.24 bits per heavy atom. The van der Waals surface area contributed by atoms with Crippen LogP contribution < -0.4 is 10.0 Å². The van der Waals surface area contributed by atoms with Crippen molar-refractivity contribution in [3.8, 4) is 10.6 Å². The highest BCUT2D eigenvalue weighted by Gasteiger charge is 2.23. The molecule has 0 bridgehead atoms. The van der Waals surface area contributed by atoms with Gasteiger partial charge in [0.25, 0.3) is 5.91 Å². The number of aromatic nitrogens is 2. The van der Waals surface area contributed by atoms with Crippen molar-refractivity contribution in [1.29, 1.82) is 0 Å². The minimum Gasteiger partial charge on any atom is -0.618 e.